The number of alkyl halides is 3. The van der Waals surface area contributed by atoms with Crippen molar-refractivity contribution in [2.24, 2.45) is 5.73 Å². The first-order valence-corrected chi connectivity index (χ1v) is 10.8. The van der Waals surface area contributed by atoms with Crippen molar-refractivity contribution in [1.29, 1.82) is 0 Å². The molecule has 3 rings (SSSR count). The molecule has 2 atom stereocenters. The van der Waals surface area contributed by atoms with Crippen LogP contribution in [0.15, 0.2) is 12.1 Å². The van der Waals surface area contributed by atoms with Gasteiger partial charge in [-0.25, -0.2) is 18.2 Å². The Hall–Kier alpha value is -2.56. The van der Waals surface area contributed by atoms with Crippen LogP contribution in [-0.4, -0.2) is 32.9 Å². The van der Waals surface area contributed by atoms with Crippen LogP contribution in [0.3, 0.4) is 0 Å². The van der Waals surface area contributed by atoms with Crippen LogP contribution >= 0.6 is 0 Å². The van der Waals surface area contributed by atoms with Gasteiger partial charge in [0.15, 0.2) is 11.6 Å². The normalized spacial score (nSPS) is 16.0. The topological polar surface area (TPSA) is 64.2 Å². The first-order valence-electron chi connectivity index (χ1n) is 10.8. The average molecular weight is 476 g/mol. The van der Waals surface area contributed by atoms with Gasteiger partial charge >= 0.3 is 6.18 Å². The van der Waals surface area contributed by atoms with Crippen molar-refractivity contribution in [2.75, 3.05) is 6.54 Å². The van der Waals surface area contributed by atoms with E-state index in [2.05, 4.69) is 4.98 Å². The smallest absolute Gasteiger partial charge is 0.335 e. The van der Waals surface area contributed by atoms with E-state index >= 15 is 0 Å². The fourth-order valence-electron chi connectivity index (χ4n) is 4.21. The van der Waals surface area contributed by atoms with Gasteiger partial charge in [-0.1, -0.05) is 20.3 Å². The van der Waals surface area contributed by atoms with E-state index in [4.69, 9.17) is 5.73 Å². The molecule has 0 saturated heterocycles. The van der Waals surface area contributed by atoms with Crippen LogP contribution in [0.25, 0.3) is 0 Å². The Morgan fingerprint density at radius 1 is 1.15 bits per heavy atom. The summed E-state index contributed by atoms with van der Waals surface area (Å²) in [6.07, 6.45) is -3.61. The number of nitrogens with two attached hydrogens (primary N) is 1. The molecule has 1 amide bonds. The van der Waals surface area contributed by atoms with Gasteiger partial charge in [0.25, 0.3) is 0 Å². The van der Waals surface area contributed by atoms with Crippen LogP contribution in [0.5, 0.6) is 0 Å². The molecule has 2 N–H and O–H groups in total. The molecular weight excluding hydrogens is 450 g/mol. The minimum Gasteiger partial charge on any atom is -0.335 e. The molecular formula is C22H26F6N4O. The van der Waals surface area contributed by atoms with E-state index in [9.17, 15) is 31.1 Å². The lowest BCUT2D eigenvalue weighted by Crippen LogP contribution is -2.42. The molecule has 0 aliphatic carbocycles. The van der Waals surface area contributed by atoms with Crippen molar-refractivity contribution in [1.82, 2.24) is 14.5 Å². The van der Waals surface area contributed by atoms with Crippen LogP contribution < -0.4 is 5.73 Å². The zero-order chi connectivity index (χ0) is 24.5. The number of imidazole rings is 1. The monoisotopic (exact) mass is 476 g/mol. The highest BCUT2D eigenvalue weighted by Crippen LogP contribution is 2.35. The predicted octanol–water partition coefficient (Wildman–Crippen LogP) is 4.53. The van der Waals surface area contributed by atoms with E-state index in [1.54, 1.807) is 6.92 Å². The van der Waals surface area contributed by atoms with Gasteiger partial charge in [-0.3, -0.25) is 4.79 Å². The zero-order valence-electron chi connectivity index (χ0n) is 18.4. The van der Waals surface area contributed by atoms with Gasteiger partial charge in [-0.05, 0) is 24.5 Å². The molecule has 33 heavy (non-hydrogen) atoms. The Balaban J connectivity index is 1.75. The van der Waals surface area contributed by atoms with Crippen LogP contribution in [0.1, 0.15) is 61.8 Å². The number of carbonyl (C=O) groups excluding carboxylic acids is 1. The summed E-state index contributed by atoms with van der Waals surface area (Å²) in [5.41, 5.74) is 6.47. The Morgan fingerprint density at radius 3 is 2.45 bits per heavy atom. The number of hydrogen-bond donors (Lipinski definition) is 1. The average Bonchev–Trinajstić information content (AvgIpc) is 3.11. The van der Waals surface area contributed by atoms with Crippen molar-refractivity contribution >= 4 is 5.91 Å². The number of benzene rings is 1. The Bertz CT molecular complexity index is 1020. The summed E-state index contributed by atoms with van der Waals surface area (Å²) in [4.78, 5) is 18.1. The van der Waals surface area contributed by atoms with Gasteiger partial charge < -0.3 is 15.2 Å². The quantitative estimate of drug-likeness (QED) is 0.472. The molecule has 0 saturated carbocycles. The second-order valence-corrected chi connectivity index (χ2v) is 8.45. The number of halogens is 6. The van der Waals surface area contributed by atoms with Gasteiger partial charge in [0, 0.05) is 37.5 Å². The third kappa shape index (κ3) is 5.51. The minimum atomic E-state index is -4.61. The highest BCUT2D eigenvalue weighted by Gasteiger charge is 2.41. The molecule has 2 aromatic rings. The maximum atomic E-state index is 13.9. The number of rotatable bonds is 7. The van der Waals surface area contributed by atoms with Gasteiger partial charge in [-0.15, -0.1) is 0 Å². The largest absolute Gasteiger partial charge is 0.449 e. The van der Waals surface area contributed by atoms with E-state index in [0.29, 0.717) is 29.9 Å². The highest BCUT2D eigenvalue weighted by atomic mass is 19.4. The fraction of sp³-hybridized carbons (Fsp3) is 0.545. The first-order chi connectivity index (χ1) is 15.4. The second-order valence-electron chi connectivity index (χ2n) is 8.45. The van der Waals surface area contributed by atoms with Crippen molar-refractivity contribution in [2.45, 2.75) is 70.8 Å². The molecule has 0 radical (unpaired) electrons. The zero-order valence-corrected chi connectivity index (χ0v) is 18.4. The van der Waals surface area contributed by atoms with E-state index in [1.807, 2.05) is 6.92 Å². The summed E-state index contributed by atoms with van der Waals surface area (Å²) in [6, 6.07) is 0.240. The molecule has 182 valence electrons. The number of carbonyl (C=O) groups is 1. The molecule has 0 fully saturated rings. The summed E-state index contributed by atoms with van der Waals surface area (Å²) >= 11 is 0. The summed E-state index contributed by atoms with van der Waals surface area (Å²) in [7, 11) is 0. The lowest BCUT2D eigenvalue weighted by atomic mass is 9.99. The summed E-state index contributed by atoms with van der Waals surface area (Å²) < 4.78 is 82.0. The summed E-state index contributed by atoms with van der Waals surface area (Å²) in [5.74, 6) is -5.09. The third-order valence-electron chi connectivity index (χ3n) is 5.84. The summed E-state index contributed by atoms with van der Waals surface area (Å²) in [6.45, 7) is 3.67. The molecule has 1 aliphatic rings. The predicted molar refractivity (Wildman–Crippen MR) is 109 cm³/mol. The number of amides is 1. The molecule has 0 spiro atoms. The first kappa shape index (κ1) is 25.1. The van der Waals surface area contributed by atoms with Crippen LogP contribution in [0.4, 0.5) is 26.3 Å². The van der Waals surface area contributed by atoms with Crippen molar-refractivity contribution in [3.8, 4) is 0 Å². The third-order valence-corrected chi connectivity index (χ3v) is 5.84. The fourth-order valence-corrected chi connectivity index (χ4v) is 4.21. The van der Waals surface area contributed by atoms with Crippen molar-refractivity contribution < 1.29 is 31.1 Å². The minimum absolute atomic E-state index is 0.0408. The van der Waals surface area contributed by atoms with E-state index in [1.165, 1.54) is 4.90 Å². The molecule has 11 heteroatoms. The highest BCUT2D eigenvalue weighted by molar-refractivity contribution is 5.77. The number of fused-ring (bicyclic) bond motifs is 1. The molecule has 1 aromatic carbocycles. The van der Waals surface area contributed by atoms with Gasteiger partial charge in [0.1, 0.15) is 5.82 Å². The Labute approximate surface area is 187 Å². The van der Waals surface area contributed by atoms with E-state index < -0.39 is 41.4 Å². The van der Waals surface area contributed by atoms with Crippen LogP contribution in [0, 0.1) is 17.5 Å². The van der Waals surface area contributed by atoms with Crippen molar-refractivity contribution in [3.05, 3.63) is 52.4 Å². The molecule has 1 aliphatic heterocycles. The van der Waals surface area contributed by atoms with E-state index in [0.717, 1.165) is 11.0 Å². The summed E-state index contributed by atoms with van der Waals surface area (Å²) in [5, 5.41) is 0. The maximum absolute atomic E-state index is 13.9. The van der Waals surface area contributed by atoms with Gasteiger partial charge in [-0.2, -0.15) is 13.2 Å². The number of aromatic nitrogens is 2. The van der Waals surface area contributed by atoms with E-state index in [-0.39, 0.29) is 44.0 Å². The van der Waals surface area contributed by atoms with Crippen molar-refractivity contribution in [3.63, 3.8) is 0 Å². The lowest BCUT2D eigenvalue weighted by molar-refractivity contribution is -0.148. The molecule has 1 unspecified atom stereocenters. The molecule has 5 nitrogen and oxygen atoms in total. The van der Waals surface area contributed by atoms with Gasteiger partial charge in [0.05, 0.1) is 17.9 Å². The van der Waals surface area contributed by atoms with Gasteiger partial charge in [0.2, 0.25) is 11.7 Å². The maximum Gasteiger partial charge on any atom is 0.449 e. The van der Waals surface area contributed by atoms with Crippen LogP contribution in [0.2, 0.25) is 0 Å². The SMILES string of the molecule is CCCC(C)c1nc(C(F)(F)F)n2c1CN(C(=O)C[C@H](N)Cc1cc(F)c(F)cc1F)CC2. The Kier molecular flexibility index (Phi) is 7.40. The molecule has 2 heterocycles. The number of hydrogen-bond acceptors (Lipinski definition) is 3. The Morgan fingerprint density at radius 2 is 1.82 bits per heavy atom. The molecule has 1 aromatic heterocycles. The lowest BCUT2D eigenvalue weighted by Gasteiger charge is -2.31. The molecule has 0 bridgehead atoms. The number of nitrogens with zero attached hydrogens (tertiary/aromatic N) is 3. The second kappa shape index (κ2) is 9.74. The van der Waals surface area contributed by atoms with Crippen LogP contribution in [-0.2, 0) is 30.5 Å². The standard InChI is InChI=1S/C22H26F6N4O/c1-3-4-12(2)20-18-11-31(5-6-32(18)21(30-20)22(26,27)28)19(33)9-14(29)7-13-8-16(24)17(25)10-15(13)23/h8,10,12,14H,3-7,9,11,29H2,1-2H3/t12?,14-/m1/s1.